The van der Waals surface area contributed by atoms with Gasteiger partial charge in [-0.15, -0.1) is 0 Å². The van der Waals surface area contributed by atoms with E-state index in [1.165, 1.54) is 30.3 Å². The predicted octanol–water partition coefficient (Wildman–Crippen LogP) is 4.46. The lowest BCUT2D eigenvalue weighted by Gasteiger charge is -2.30. The van der Waals surface area contributed by atoms with Crippen molar-refractivity contribution in [2.45, 2.75) is 38.6 Å². The molecule has 1 unspecified atom stereocenters. The molecule has 0 saturated heterocycles. The Hall–Kier alpha value is -3.94. The fourth-order valence-electron chi connectivity index (χ4n) is 4.22. The molecule has 2 aliphatic heterocycles. The van der Waals surface area contributed by atoms with Crippen LogP contribution < -0.4 is 14.2 Å². The van der Waals surface area contributed by atoms with Gasteiger partial charge in [-0.1, -0.05) is 13.0 Å². The highest BCUT2D eigenvalue weighted by atomic mass is 16.7. The highest BCUT2D eigenvalue weighted by molar-refractivity contribution is 5.88. The second-order valence-corrected chi connectivity index (χ2v) is 7.88. The van der Waals surface area contributed by atoms with E-state index in [0.717, 1.165) is 0 Å². The first-order valence-electron chi connectivity index (χ1n) is 10.3. The highest BCUT2D eigenvalue weighted by Gasteiger charge is 2.35. The van der Waals surface area contributed by atoms with Gasteiger partial charge in [-0.25, -0.2) is 0 Å². The summed E-state index contributed by atoms with van der Waals surface area (Å²) in [7, 11) is 0. The van der Waals surface area contributed by atoms with Crippen molar-refractivity contribution < 1.29 is 39.7 Å². The molecule has 8 nitrogen and oxygen atoms in total. The molecule has 0 aromatic heterocycles. The Kier molecular flexibility index (Phi) is 4.58. The number of aromatic hydroxyl groups is 5. The monoisotopic (exact) mass is 438 g/mol. The van der Waals surface area contributed by atoms with Crippen LogP contribution in [0.4, 0.5) is 0 Å². The van der Waals surface area contributed by atoms with Gasteiger partial charge in [0.05, 0.1) is 11.1 Å². The zero-order valence-electron chi connectivity index (χ0n) is 17.2. The van der Waals surface area contributed by atoms with E-state index in [9.17, 15) is 25.5 Å². The van der Waals surface area contributed by atoms with Crippen LogP contribution >= 0.6 is 0 Å². The number of hydrogen-bond acceptors (Lipinski definition) is 8. The van der Waals surface area contributed by atoms with Crippen LogP contribution in [-0.4, -0.2) is 31.8 Å². The van der Waals surface area contributed by atoms with Gasteiger partial charge >= 0.3 is 0 Å². The van der Waals surface area contributed by atoms with E-state index in [1.807, 2.05) is 6.92 Å². The minimum atomic E-state index is -0.706. The molecule has 2 atom stereocenters. The molecule has 5 rings (SSSR count). The molecule has 0 saturated carbocycles. The Labute approximate surface area is 183 Å². The minimum Gasteiger partial charge on any atom is -0.508 e. The molecular weight excluding hydrogens is 416 g/mol. The van der Waals surface area contributed by atoms with Gasteiger partial charge in [0, 0.05) is 30.2 Å². The Balaban J connectivity index is 1.71. The summed E-state index contributed by atoms with van der Waals surface area (Å²) in [4.78, 5) is 0. The van der Waals surface area contributed by atoms with Crippen molar-refractivity contribution >= 4 is 0 Å². The molecule has 166 valence electrons. The maximum atomic E-state index is 10.7. The highest BCUT2D eigenvalue weighted by Crippen LogP contribution is 2.56. The largest absolute Gasteiger partial charge is 0.508 e. The van der Waals surface area contributed by atoms with Gasteiger partial charge in [-0.05, 0) is 30.5 Å². The summed E-state index contributed by atoms with van der Waals surface area (Å²) in [6, 6.07) is 8.56. The number of ether oxygens (including phenoxy) is 3. The molecule has 0 fully saturated rings. The summed E-state index contributed by atoms with van der Waals surface area (Å²) in [5.74, 6) is -0.0308. The fourth-order valence-corrected chi connectivity index (χ4v) is 4.22. The van der Waals surface area contributed by atoms with Gasteiger partial charge in [0.25, 0.3) is 0 Å². The van der Waals surface area contributed by atoms with Gasteiger partial charge in [0.2, 0.25) is 6.29 Å². The van der Waals surface area contributed by atoms with E-state index >= 15 is 0 Å². The van der Waals surface area contributed by atoms with Crippen LogP contribution in [0.1, 0.15) is 37.0 Å². The minimum absolute atomic E-state index is 0.00215. The average molecular weight is 438 g/mol. The molecule has 8 heteroatoms. The van der Waals surface area contributed by atoms with Crippen LogP contribution in [0.15, 0.2) is 36.4 Å². The van der Waals surface area contributed by atoms with Crippen molar-refractivity contribution in [3.63, 3.8) is 0 Å². The lowest BCUT2D eigenvalue weighted by atomic mass is 9.91. The predicted molar refractivity (Wildman–Crippen MR) is 114 cm³/mol. The van der Waals surface area contributed by atoms with Gasteiger partial charge in [0.15, 0.2) is 11.5 Å². The van der Waals surface area contributed by atoms with Crippen molar-refractivity contribution in [3.05, 3.63) is 47.5 Å². The number of phenols is 5. The second kappa shape index (κ2) is 7.33. The SMILES string of the molecule is CC[C@H]1Oc2cc(O)cc(O)c2-c2c(cc(O)c3c2OC(c2ccc(O)c(O)c2)CC3)O1. The topological polar surface area (TPSA) is 129 Å². The lowest BCUT2D eigenvalue weighted by molar-refractivity contribution is 0.00658. The number of benzene rings is 3. The summed E-state index contributed by atoms with van der Waals surface area (Å²) >= 11 is 0. The fraction of sp³-hybridized carbons (Fsp3) is 0.250. The molecule has 0 spiro atoms. The Morgan fingerprint density at radius 2 is 1.53 bits per heavy atom. The average Bonchev–Trinajstić information content (AvgIpc) is 2.92. The van der Waals surface area contributed by atoms with Crippen molar-refractivity contribution in [1.29, 1.82) is 0 Å². The van der Waals surface area contributed by atoms with Gasteiger partial charge < -0.3 is 39.7 Å². The summed E-state index contributed by atoms with van der Waals surface area (Å²) in [6.45, 7) is 1.86. The van der Waals surface area contributed by atoms with Crippen LogP contribution in [0.5, 0.6) is 46.0 Å². The first kappa shape index (κ1) is 20.0. The van der Waals surface area contributed by atoms with Gasteiger partial charge in [-0.3, -0.25) is 0 Å². The van der Waals surface area contributed by atoms with Gasteiger partial charge in [0.1, 0.15) is 40.6 Å². The quantitative estimate of drug-likeness (QED) is 0.371. The van der Waals surface area contributed by atoms with Crippen LogP contribution in [0, 0.1) is 0 Å². The summed E-state index contributed by atoms with van der Waals surface area (Å²) in [6.07, 6.45) is 0.277. The van der Waals surface area contributed by atoms with Crippen LogP contribution in [0.2, 0.25) is 0 Å². The molecule has 0 bridgehead atoms. The number of fused-ring (bicyclic) bond motifs is 5. The van der Waals surface area contributed by atoms with E-state index < -0.39 is 12.4 Å². The summed E-state index contributed by atoms with van der Waals surface area (Å²) in [5.41, 5.74) is 1.91. The molecule has 32 heavy (non-hydrogen) atoms. The number of rotatable bonds is 2. The van der Waals surface area contributed by atoms with E-state index in [-0.39, 0.29) is 40.2 Å². The van der Waals surface area contributed by atoms with E-state index in [1.54, 1.807) is 6.07 Å². The molecule has 2 heterocycles. The Bertz CT molecular complexity index is 1220. The molecule has 0 aliphatic carbocycles. The maximum Gasteiger partial charge on any atom is 0.240 e. The molecule has 5 N–H and O–H groups in total. The second-order valence-electron chi connectivity index (χ2n) is 7.88. The summed E-state index contributed by atoms with van der Waals surface area (Å²) < 4.78 is 18.2. The first-order chi connectivity index (χ1) is 15.4. The molecule has 2 aliphatic rings. The molecular formula is C24H22O8. The van der Waals surface area contributed by atoms with E-state index in [4.69, 9.17) is 14.2 Å². The molecule has 3 aromatic rings. The van der Waals surface area contributed by atoms with Crippen LogP contribution in [0.25, 0.3) is 11.1 Å². The number of hydrogen-bond donors (Lipinski definition) is 5. The molecule has 0 amide bonds. The third-order valence-electron chi connectivity index (χ3n) is 5.78. The smallest absolute Gasteiger partial charge is 0.240 e. The standard InChI is InChI=1S/C24H22O8/c1-2-21-30-19-9-12(25)8-17(29)22(19)23-20(31-21)10-15(27)13-4-6-18(32-24(13)23)11-3-5-14(26)16(28)7-11/h3,5,7-10,18,21,25-29H,2,4,6H2,1H3/t18?,21-/m0/s1. The summed E-state index contributed by atoms with van der Waals surface area (Å²) in [5, 5.41) is 50.9. The van der Waals surface area contributed by atoms with Crippen molar-refractivity contribution in [2.24, 2.45) is 0 Å². The molecule has 3 aromatic carbocycles. The Morgan fingerprint density at radius 3 is 2.25 bits per heavy atom. The maximum absolute atomic E-state index is 10.7. The third kappa shape index (κ3) is 3.15. The molecule has 0 radical (unpaired) electrons. The lowest BCUT2D eigenvalue weighted by Crippen LogP contribution is -2.22. The van der Waals surface area contributed by atoms with Crippen LogP contribution in [-0.2, 0) is 6.42 Å². The van der Waals surface area contributed by atoms with Crippen molar-refractivity contribution in [1.82, 2.24) is 0 Å². The third-order valence-corrected chi connectivity index (χ3v) is 5.78. The van der Waals surface area contributed by atoms with Crippen LogP contribution in [0.3, 0.4) is 0 Å². The van der Waals surface area contributed by atoms with E-state index in [2.05, 4.69) is 0 Å². The first-order valence-corrected chi connectivity index (χ1v) is 10.3. The van der Waals surface area contributed by atoms with Gasteiger partial charge in [-0.2, -0.15) is 0 Å². The zero-order valence-corrected chi connectivity index (χ0v) is 17.2. The normalized spacial score (nSPS) is 18.8. The van der Waals surface area contributed by atoms with E-state index in [0.29, 0.717) is 47.3 Å². The van der Waals surface area contributed by atoms with Crippen molar-refractivity contribution in [3.8, 4) is 57.1 Å². The zero-order chi connectivity index (χ0) is 22.6. The van der Waals surface area contributed by atoms with Crippen molar-refractivity contribution in [2.75, 3.05) is 0 Å². The Morgan fingerprint density at radius 1 is 0.781 bits per heavy atom. The number of phenolic OH excluding ortho intramolecular Hbond substituents is 5.